The summed E-state index contributed by atoms with van der Waals surface area (Å²) in [6.45, 7) is 0.0813. The number of para-hydroxylation sites is 1. The van der Waals surface area contributed by atoms with Gasteiger partial charge in [-0.2, -0.15) is 10.2 Å². The van der Waals surface area contributed by atoms with E-state index in [4.69, 9.17) is 9.15 Å². The minimum atomic E-state index is -0.276. The molecule has 0 saturated heterocycles. The van der Waals surface area contributed by atoms with Gasteiger partial charge in [-0.1, -0.05) is 18.2 Å². The molecule has 0 aliphatic rings. The van der Waals surface area contributed by atoms with E-state index in [-0.39, 0.29) is 12.5 Å². The van der Waals surface area contributed by atoms with Gasteiger partial charge in [-0.3, -0.25) is 4.79 Å². The van der Waals surface area contributed by atoms with Crippen molar-refractivity contribution in [1.82, 2.24) is 15.2 Å². The summed E-state index contributed by atoms with van der Waals surface area (Å²) in [4.78, 5) is 12.1. The maximum atomic E-state index is 12.1. The molecule has 0 bridgehead atoms. The Bertz CT molecular complexity index is 1150. The van der Waals surface area contributed by atoms with Crippen molar-refractivity contribution < 1.29 is 13.9 Å². The second-order valence-corrected chi connectivity index (χ2v) is 6.57. The fourth-order valence-corrected chi connectivity index (χ4v) is 2.90. The van der Waals surface area contributed by atoms with E-state index in [0.717, 1.165) is 17.1 Å². The smallest absolute Gasteiger partial charge is 0.259 e. The van der Waals surface area contributed by atoms with E-state index in [2.05, 4.69) is 20.9 Å². The standard InChI is InChI=1S/C23H21N5O3/c1-30-20-11-9-18(10-12-20)24-15-22(29)26-25-14-17-16-28(19-6-3-2-4-7-19)27-23(17)21-8-5-13-31-21/h2-14,16,24H,15H2,1H3,(H,26,29)/b25-14-. The van der Waals surface area contributed by atoms with Crippen molar-refractivity contribution in [2.75, 3.05) is 19.0 Å². The van der Waals surface area contributed by atoms with E-state index in [1.165, 1.54) is 0 Å². The summed E-state index contributed by atoms with van der Waals surface area (Å²) in [7, 11) is 1.61. The van der Waals surface area contributed by atoms with Gasteiger partial charge in [0.15, 0.2) is 5.76 Å². The fourth-order valence-electron chi connectivity index (χ4n) is 2.90. The van der Waals surface area contributed by atoms with Crippen LogP contribution in [0, 0.1) is 0 Å². The highest BCUT2D eigenvalue weighted by molar-refractivity contribution is 5.89. The molecular formula is C23H21N5O3. The van der Waals surface area contributed by atoms with Crippen LogP contribution in [0.4, 0.5) is 5.69 Å². The van der Waals surface area contributed by atoms with Gasteiger partial charge in [-0.15, -0.1) is 0 Å². The average Bonchev–Trinajstić information content (AvgIpc) is 3.49. The number of anilines is 1. The van der Waals surface area contributed by atoms with Gasteiger partial charge in [0.1, 0.15) is 11.4 Å². The highest BCUT2D eigenvalue weighted by atomic mass is 16.5. The average molecular weight is 415 g/mol. The van der Waals surface area contributed by atoms with Crippen LogP contribution in [-0.2, 0) is 4.79 Å². The summed E-state index contributed by atoms with van der Waals surface area (Å²) in [6, 6.07) is 20.7. The van der Waals surface area contributed by atoms with Crippen LogP contribution < -0.4 is 15.5 Å². The monoisotopic (exact) mass is 415 g/mol. The SMILES string of the molecule is COc1ccc(NCC(=O)N/N=C\c2cn(-c3ccccc3)nc2-c2ccco2)cc1. The van der Waals surface area contributed by atoms with E-state index in [9.17, 15) is 4.79 Å². The Morgan fingerprint density at radius 2 is 1.94 bits per heavy atom. The number of hydrazone groups is 1. The van der Waals surface area contributed by atoms with Gasteiger partial charge in [-0.25, -0.2) is 10.1 Å². The first-order valence-electron chi connectivity index (χ1n) is 9.62. The molecule has 0 unspecified atom stereocenters. The van der Waals surface area contributed by atoms with Gasteiger partial charge in [0.2, 0.25) is 0 Å². The van der Waals surface area contributed by atoms with E-state index in [1.807, 2.05) is 66.9 Å². The molecular weight excluding hydrogens is 394 g/mol. The zero-order valence-electron chi connectivity index (χ0n) is 16.9. The molecule has 0 spiro atoms. The summed E-state index contributed by atoms with van der Waals surface area (Å²) in [5, 5.41) is 11.7. The molecule has 8 heteroatoms. The predicted octanol–water partition coefficient (Wildman–Crippen LogP) is 3.70. The number of hydrogen-bond acceptors (Lipinski definition) is 6. The van der Waals surface area contributed by atoms with Crippen LogP contribution >= 0.6 is 0 Å². The van der Waals surface area contributed by atoms with Crippen LogP contribution in [-0.4, -0.2) is 35.6 Å². The third-order valence-corrected chi connectivity index (χ3v) is 4.45. The molecule has 2 aromatic carbocycles. The molecule has 0 fully saturated rings. The van der Waals surface area contributed by atoms with Gasteiger partial charge < -0.3 is 14.5 Å². The van der Waals surface area contributed by atoms with Gasteiger partial charge >= 0.3 is 0 Å². The lowest BCUT2D eigenvalue weighted by molar-refractivity contribution is -0.119. The fraction of sp³-hybridized carbons (Fsp3) is 0.0870. The van der Waals surface area contributed by atoms with Crippen molar-refractivity contribution in [3.8, 4) is 22.9 Å². The van der Waals surface area contributed by atoms with Crippen LogP contribution in [0.15, 0.2) is 88.7 Å². The van der Waals surface area contributed by atoms with Crippen LogP contribution in [0.25, 0.3) is 17.1 Å². The summed E-state index contributed by atoms with van der Waals surface area (Å²) < 4.78 is 12.4. The zero-order chi connectivity index (χ0) is 21.5. The molecule has 0 saturated carbocycles. The Labute approximate surface area is 179 Å². The lowest BCUT2D eigenvalue weighted by atomic mass is 10.2. The van der Waals surface area contributed by atoms with Gasteiger partial charge in [0.05, 0.1) is 31.8 Å². The molecule has 31 heavy (non-hydrogen) atoms. The van der Waals surface area contributed by atoms with Crippen molar-refractivity contribution in [3.05, 3.63) is 84.8 Å². The number of hydrogen-bond donors (Lipinski definition) is 2. The second-order valence-electron chi connectivity index (χ2n) is 6.57. The summed E-state index contributed by atoms with van der Waals surface area (Å²) in [5.74, 6) is 1.09. The summed E-state index contributed by atoms with van der Waals surface area (Å²) in [5.41, 5.74) is 5.57. The summed E-state index contributed by atoms with van der Waals surface area (Å²) >= 11 is 0. The number of ether oxygens (including phenoxy) is 1. The van der Waals surface area contributed by atoms with Crippen molar-refractivity contribution >= 4 is 17.8 Å². The molecule has 2 N–H and O–H groups in total. The lowest BCUT2D eigenvalue weighted by Gasteiger charge is -2.06. The Morgan fingerprint density at radius 3 is 2.65 bits per heavy atom. The Balaban J connectivity index is 1.42. The van der Waals surface area contributed by atoms with Gasteiger partial charge in [-0.05, 0) is 48.5 Å². The molecule has 156 valence electrons. The number of aromatic nitrogens is 2. The number of nitrogens with one attached hydrogen (secondary N) is 2. The highest BCUT2D eigenvalue weighted by Crippen LogP contribution is 2.23. The molecule has 1 amide bonds. The van der Waals surface area contributed by atoms with Crippen molar-refractivity contribution in [2.24, 2.45) is 5.10 Å². The van der Waals surface area contributed by atoms with Gasteiger partial charge in [0.25, 0.3) is 5.91 Å². The zero-order valence-corrected chi connectivity index (χ0v) is 16.9. The first kappa shape index (κ1) is 20.0. The Hall–Kier alpha value is -4.33. The van der Waals surface area contributed by atoms with Gasteiger partial charge in [0, 0.05) is 17.4 Å². The van der Waals surface area contributed by atoms with Crippen molar-refractivity contribution in [1.29, 1.82) is 0 Å². The topological polar surface area (TPSA) is 93.7 Å². The molecule has 0 radical (unpaired) electrons. The first-order chi connectivity index (χ1) is 15.2. The largest absolute Gasteiger partial charge is 0.497 e. The summed E-state index contributed by atoms with van der Waals surface area (Å²) in [6.07, 6.45) is 4.97. The number of carbonyl (C=O) groups excluding carboxylic acids is 1. The lowest BCUT2D eigenvalue weighted by Crippen LogP contribution is -2.25. The van der Waals surface area contributed by atoms with Crippen LogP contribution in [0.5, 0.6) is 5.75 Å². The maximum absolute atomic E-state index is 12.1. The maximum Gasteiger partial charge on any atom is 0.259 e. The van der Waals surface area contributed by atoms with Crippen LogP contribution in [0.3, 0.4) is 0 Å². The Morgan fingerprint density at radius 1 is 1.13 bits per heavy atom. The first-order valence-corrected chi connectivity index (χ1v) is 9.62. The highest BCUT2D eigenvalue weighted by Gasteiger charge is 2.13. The minimum absolute atomic E-state index is 0.0813. The number of furan rings is 1. The predicted molar refractivity (Wildman–Crippen MR) is 118 cm³/mol. The number of methoxy groups -OCH3 is 1. The molecule has 4 aromatic rings. The minimum Gasteiger partial charge on any atom is -0.497 e. The number of nitrogens with zero attached hydrogens (tertiary/aromatic N) is 3. The molecule has 0 aliphatic carbocycles. The number of benzene rings is 2. The van der Waals surface area contributed by atoms with E-state index in [1.54, 1.807) is 30.3 Å². The second kappa shape index (κ2) is 9.45. The Kier molecular flexibility index (Phi) is 6.08. The molecule has 0 atom stereocenters. The number of amides is 1. The van der Waals surface area contributed by atoms with E-state index >= 15 is 0 Å². The van der Waals surface area contributed by atoms with Crippen LogP contribution in [0.2, 0.25) is 0 Å². The quantitative estimate of drug-likeness (QED) is 0.338. The molecule has 0 aliphatic heterocycles. The molecule has 2 aromatic heterocycles. The van der Waals surface area contributed by atoms with E-state index in [0.29, 0.717) is 17.0 Å². The van der Waals surface area contributed by atoms with Crippen molar-refractivity contribution in [2.45, 2.75) is 0 Å². The van der Waals surface area contributed by atoms with Crippen LogP contribution in [0.1, 0.15) is 5.56 Å². The molecule has 2 heterocycles. The van der Waals surface area contributed by atoms with Crippen molar-refractivity contribution in [3.63, 3.8) is 0 Å². The third kappa shape index (κ3) is 4.99. The third-order valence-electron chi connectivity index (χ3n) is 4.45. The number of rotatable bonds is 8. The number of carbonyl (C=O) groups is 1. The normalized spacial score (nSPS) is 10.9. The molecule has 4 rings (SSSR count). The van der Waals surface area contributed by atoms with E-state index < -0.39 is 0 Å². The molecule has 8 nitrogen and oxygen atoms in total.